The van der Waals surface area contributed by atoms with Crippen LogP contribution in [0.5, 0.6) is 0 Å². The number of carbonyl (C=O) groups is 1. The van der Waals surface area contributed by atoms with E-state index in [0.29, 0.717) is 26.2 Å². The van der Waals surface area contributed by atoms with Crippen molar-refractivity contribution in [3.05, 3.63) is 41.8 Å². The molecule has 24 heavy (non-hydrogen) atoms. The summed E-state index contributed by atoms with van der Waals surface area (Å²) in [6, 6.07) is 11.7. The minimum atomic E-state index is -0.464. The molecule has 2 amide bonds. The molecule has 2 heterocycles. The Morgan fingerprint density at radius 2 is 2.33 bits per heavy atom. The molecule has 6 heteroatoms. The van der Waals surface area contributed by atoms with Gasteiger partial charge >= 0.3 is 6.03 Å². The number of anilines is 1. The Morgan fingerprint density at radius 3 is 3.08 bits per heavy atom. The van der Waals surface area contributed by atoms with Crippen molar-refractivity contribution >= 4 is 23.1 Å². The lowest BCUT2D eigenvalue weighted by Crippen LogP contribution is -2.51. The molecule has 2 aromatic rings. The van der Waals surface area contributed by atoms with Crippen LogP contribution in [0, 0.1) is 0 Å². The summed E-state index contributed by atoms with van der Waals surface area (Å²) in [5.41, 5.74) is 1.86. The fraction of sp³-hybridized carbons (Fsp3) is 0.389. The molecule has 0 radical (unpaired) electrons. The van der Waals surface area contributed by atoms with E-state index in [0.717, 1.165) is 11.3 Å². The molecule has 2 atom stereocenters. The number of nitrogens with one attached hydrogen (secondary N) is 1. The number of amides is 2. The number of morpholine rings is 1. The number of thiophene rings is 1. The number of rotatable bonds is 4. The van der Waals surface area contributed by atoms with Gasteiger partial charge in [-0.2, -0.15) is 0 Å². The minimum Gasteiger partial charge on any atom is -0.393 e. The second-order valence-corrected chi connectivity index (χ2v) is 6.94. The van der Waals surface area contributed by atoms with Crippen molar-refractivity contribution in [2.75, 3.05) is 25.1 Å². The van der Waals surface area contributed by atoms with E-state index < -0.39 is 6.10 Å². The lowest BCUT2D eigenvalue weighted by molar-refractivity contribution is -0.00160. The van der Waals surface area contributed by atoms with Crippen molar-refractivity contribution in [1.82, 2.24) is 4.90 Å². The summed E-state index contributed by atoms with van der Waals surface area (Å²) in [5.74, 6) is 0. The van der Waals surface area contributed by atoms with Crippen LogP contribution in [0.1, 0.15) is 13.3 Å². The van der Waals surface area contributed by atoms with Gasteiger partial charge in [0.25, 0.3) is 0 Å². The Bertz CT molecular complexity index is 673. The first-order valence-corrected chi connectivity index (χ1v) is 8.99. The summed E-state index contributed by atoms with van der Waals surface area (Å²) in [5, 5.41) is 14.6. The zero-order valence-electron chi connectivity index (χ0n) is 13.6. The zero-order valence-corrected chi connectivity index (χ0v) is 14.5. The fourth-order valence-corrected chi connectivity index (χ4v) is 3.62. The van der Waals surface area contributed by atoms with E-state index in [9.17, 15) is 9.90 Å². The lowest BCUT2D eigenvalue weighted by atomic mass is 10.1. The van der Waals surface area contributed by atoms with Gasteiger partial charge in [-0.1, -0.05) is 18.2 Å². The van der Waals surface area contributed by atoms with E-state index in [1.165, 1.54) is 4.88 Å². The second-order valence-electron chi connectivity index (χ2n) is 6.00. The van der Waals surface area contributed by atoms with Crippen LogP contribution in [-0.4, -0.2) is 47.9 Å². The van der Waals surface area contributed by atoms with Crippen LogP contribution < -0.4 is 5.32 Å². The van der Waals surface area contributed by atoms with Gasteiger partial charge in [0, 0.05) is 17.1 Å². The topological polar surface area (TPSA) is 61.8 Å². The Kier molecular flexibility index (Phi) is 5.50. The molecule has 0 aliphatic carbocycles. The number of aliphatic hydroxyl groups is 1. The number of hydrogen-bond acceptors (Lipinski definition) is 4. The normalized spacial score (nSPS) is 19.1. The van der Waals surface area contributed by atoms with Crippen LogP contribution in [0.15, 0.2) is 41.8 Å². The standard InChI is InChI=1S/C18H22N2O3S/c1-13(21)10-16-12-23-8-7-20(16)18(22)19-15-5-2-4-14(11-15)17-6-3-9-24-17/h2-6,9,11,13,16,21H,7-8,10,12H2,1H3,(H,19,22)/t13-,16+/m0/s1. The van der Waals surface area contributed by atoms with Crippen molar-refractivity contribution in [3.8, 4) is 10.4 Å². The van der Waals surface area contributed by atoms with E-state index in [4.69, 9.17) is 4.74 Å². The van der Waals surface area contributed by atoms with Crippen LogP contribution in [0.4, 0.5) is 10.5 Å². The third-order valence-electron chi connectivity index (χ3n) is 4.02. The van der Waals surface area contributed by atoms with Crippen molar-refractivity contribution in [3.63, 3.8) is 0 Å². The Morgan fingerprint density at radius 1 is 1.46 bits per heavy atom. The number of ether oxygens (including phenoxy) is 1. The number of nitrogens with zero attached hydrogens (tertiary/aromatic N) is 1. The number of hydrogen-bond donors (Lipinski definition) is 2. The summed E-state index contributed by atoms with van der Waals surface area (Å²) in [6.07, 6.45) is 0.0528. The predicted octanol–water partition coefficient (Wildman–Crippen LogP) is 3.42. The molecule has 0 unspecified atom stereocenters. The number of urea groups is 1. The molecule has 0 spiro atoms. The summed E-state index contributed by atoms with van der Waals surface area (Å²) in [7, 11) is 0. The largest absolute Gasteiger partial charge is 0.393 e. The highest BCUT2D eigenvalue weighted by Gasteiger charge is 2.28. The SMILES string of the molecule is C[C@H](O)C[C@@H]1COCCN1C(=O)Nc1cccc(-c2cccs2)c1. The lowest BCUT2D eigenvalue weighted by Gasteiger charge is -2.36. The fourth-order valence-electron chi connectivity index (χ4n) is 2.90. The van der Waals surface area contributed by atoms with E-state index in [-0.39, 0.29) is 12.1 Å². The van der Waals surface area contributed by atoms with Crippen molar-refractivity contribution in [2.24, 2.45) is 0 Å². The highest BCUT2D eigenvalue weighted by atomic mass is 32.1. The number of carbonyl (C=O) groups excluding carboxylic acids is 1. The van der Waals surface area contributed by atoms with E-state index >= 15 is 0 Å². The van der Waals surface area contributed by atoms with E-state index in [1.807, 2.05) is 35.7 Å². The van der Waals surface area contributed by atoms with E-state index in [2.05, 4.69) is 11.4 Å². The smallest absolute Gasteiger partial charge is 0.322 e. The summed E-state index contributed by atoms with van der Waals surface area (Å²) in [4.78, 5) is 15.6. The molecule has 0 bridgehead atoms. The number of benzene rings is 1. The first-order valence-electron chi connectivity index (χ1n) is 8.11. The molecular formula is C18H22N2O3S. The number of aliphatic hydroxyl groups excluding tert-OH is 1. The first kappa shape index (κ1) is 17.0. The van der Waals surface area contributed by atoms with Gasteiger partial charge in [0.15, 0.2) is 0 Å². The van der Waals surface area contributed by atoms with Gasteiger partial charge in [-0.05, 0) is 42.5 Å². The van der Waals surface area contributed by atoms with Gasteiger partial charge in [-0.15, -0.1) is 11.3 Å². The Hall–Kier alpha value is -1.89. The van der Waals surface area contributed by atoms with Crippen LogP contribution in [0.25, 0.3) is 10.4 Å². The van der Waals surface area contributed by atoms with Gasteiger partial charge in [0.2, 0.25) is 0 Å². The summed E-state index contributed by atoms with van der Waals surface area (Å²) in [6.45, 7) is 3.26. The van der Waals surface area contributed by atoms with Gasteiger partial charge in [-0.25, -0.2) is 4.79 Å². The maximum atomic E-state index is 12.6. The predicted molar refractivity (Wildman–Crippen MR) is 96.4 cm³/mol. The zero-order chi connectivity index (χ0) is 16.9. The third-order valence-corrected chi connectivity index (χ3v) is 4.94. The summed E-state index contributed by atoms with van der Waals surface area (Å²) < 4.78 is 5.45. The maximum Gasteiger partial charge on any atom is 0.322 e. The van der Waals surface area contributed by atoms with Gasteiger partial charge < -0.3 is 20.1 Å². The Labute approximate surface area is 145 Å². The highest BCUT2D eigenvalue weighted by Crippen LogP contribution is 2.27. The van der Waals surface area contributed by atoms with Crippen LogP contribution in [-0.2, 0) is 4.74 Å². The minimum absolute atomic E-state index is 0.0979. The molecule has 1 saturated heterocycles. The molecular weight excluding hydrogens is 324 g/mol. The van der Waals surface area contributed by atoms with Crippen molar-refractivity contribution in [2.45, 2.75) is 25.5 Å². The highest BCUT2D eigenvalue weighted by molar-refractivity contribution is 7.13. The average molecular weight is 346 g/mol. The van der Waals surface area contributed by atoms with E-state index in [1.54, 1.807) is 23.2 Å². The molecule has 0 saturated carbocycles. The molecule has 1 fully saturated rings. The molecule has 1 aliphatic heterocycles. The van der Waals surface area contributed by atoms with Gasteiger partial charge in [-0.3, -0.25) is 0 Å². The molecule has 128 valence electrons. The molecule has 2 N–H and O–H groups in total. The monoisotopic (exact) mass is 346 g/mol. The summed E-state index contributed by atoms with van der Waals surface area (Å²) >= 11 is 1.67. The third kappa shape index (κ3) is 4.14. The molecule has 3 rings (SSSR count). The van der Waals surface area contributed by atoms with Crippen LogP contribution in [0.3, 0.4) is 0 Å². The van der Waals surface area contributed by atoms with Crippen molar-refractivity contribution in [1.29, 1.82) is 0 Å². The van der Waals surface area contributed by atoms with Crippen molar-refractivity contribution < 1.29 is 14.6 Å². The molecule has 1 aromatic heterocycles. The molecule has 1 aromatic carbocycles. The Balaban J connectivity index is 1.70. The molecule has 5 nitrogen and oxygen atoms in total. The average Bonchev–Trinajstić information content (AvgIpc) is 3.09. The quantitative estimate of drug-likeness (QED) is 0.892. The van der Waals surface area contributed by atoms with Crippen LogP contribution in [0.2, 0.25) is 0 Å². The van der Waals surface area contributed by atoms with Gasteiger partial charge in [0.1, 0.15) is 0 Å². The maximum absolute atomic E-state index is 12.6. The second kappa shape index (κ2) is 7.79. The molecule has 1 aliphatic rings. The van der Waals surface area contributed by atoms with Crippen LogP contribution >= 0.6 is 11.3 Å². The first-order chi connectivity index (χ1) is 11.6. The van der Waals surface area contributed by atoms with Gasteiger partial charge in [0.05, 0.1) is 25.4 Å².